The Morgan fingerprint density at radius 2 is 1.61 bits per heavy atom. The summed E-state index contributed by atoms with van der Waals surface area (Å²) in [6, 6.07) is 21.4. The first kappa shape index (κ1) is 23.3. The molecular formula is C30H25ClN4O3. The van der Waals surface area contributed by atoms with E-state index in [0.29, 0.717) is 39.5 Å². The molecule has 3 aliphatic rings. The number of aromatic nitrogens is 2. The molecule has 7 rings (SSSR count). The molecule has 0 saturated carbocycles. The number of carbonyl (C=O) groups is 2. The predicted molar refractivity (Wildman–Crippen MR) is 145 cm³/mol. The van der Waals surface area contributed by atoms with Gasteiger partial charge in [-0.2, -0.15) is 0 Å². The normalized spacial score (nSPS) is 25.5. The third-order valence-corrected chi connectivity index (χ3v) is 8.50. The molecule has 1 spiro atoms. The van der Waals surface area contributed by atoms with Gasteiger partial charge in [-0.05, 0) is 42.7 Å². The molecule has 4 unspecified atom stereocenters. The second-order valence-electron chi connectivity index (χ2n) is 10.8. The molecule has 38 heavy (non-hydrogen) atoms. The lowest BCUT2D eigenvalue weighted by molar-refractivity contribution is -0.123. The van der Waals surface area contributed by atoms with Crippen molar-refractivity contribution in [3.05, 3.63) is 99.6 Å². The van der Waals surface area contributed by atoms with Crippen LogP contribution in [0.5, 0.6) is 0 Å². The number of benzene rings is 3. The third kappa shape index (κ3) is 2.88. The molecule has 3 aliphatic heterocycles. The number of rotatable bonds is 3. The molecule has 4 atom stereocenters. The molecule has 4 aromatic rings. The lowest BCUT2D eigenvalue weighted by atomic mass is 9.75. The number of hydrogen-bond donors (Lipinski definition) is 1. The van der Waals surface area contributed by atoms with Crippen LogP contribution < -0.4 is 15.8 Å². The highest BCUT2D eigenvalue weighted by Gasteiger charge is 2.69. The van der Waals surface area contributed by atoms with E-state index in [9.17, 15) is 14.4 Å². The maximum absolute atomic E-state index is 14.4. The van der Waals surface area contributed by atoms with Crippen LogP contribution >= 0.6 is 11.6 Å². The van der Waals surface area contributed by atoms with Crippen LogP contribution in [-0.2, 0) is 15.1 Å². The van der Waals surface area contributed by atoms with Gasteiger partial charge < -0.3 is 0 Å². The summed E-state index contributed by atoms with van der Waals surface area (Å²) in [6.45, 7) is 4.20. The zero-order valence-electron chi connectivity index (χ0n) is 20.9. The highest BCUT2D eigenvalue weighted by Crippen LogP contribution is 2.56. The van der Waals surface area contributed by atoms with Gasteiger partial charge in [-0.1, -0.05) is 67.9 Å². The lowest BCUT2D eigenvalue weighted by Crippen LogP contribution is -2.50. The largest absolute Gasteiger partial charge is 0.297 e. The predicted octanol–water partition coefficient (Wildman–Crippen LogP) is 4.42. The number of imide groups is 1. The van der Waals surface area contributed by atoms with E-state index in [1.807, 2.05) is 42.5 Å². The van der Waals surface area contributed by atoms with Gasteiger partial charge in [0.1, 0.15) is 11.4 Å². The molecule has 2 fully saturated rings. The first-order valence-electron chi connectivity index (χ1n) is 12.9. The molecule has 1 aromatic heterocycles. The molecule has 4 heterocycles. The first-order chi connectivity index (χ1) is 18.3. The topological polar surface area (TPSA) is 84.3 Å². The Morgan fingerprint density at radius 1 is 0.921 bits per heavy atom. The maximum atomic E-state index is 14.4. The van der Waals surface area contributed by atoms with Gasteiger partial charge in [0.05, 0.1) is 39.1 Å². The Bertz CT molecular complexity index is 1730. The van der Waals surface area contributed by atoms with Crippen molar-refractivity contribution in [2.45, 2.75) is 31.8 Å². The number of amides is 2. The maximum Gasteiger partial charge on any atom is 0.266 e. The van der Waals surface area contributed by atoms with Crippen LogP contribution in [0.25, 0.3) is 16.6 Å². The van der Waals surface area contributed by atoms with E-state index < -0.39 is 17.4 Å². The highest BCUT2D eigenvalue weighted by atomic mass is 35.5. The van der Waals surface area contributed by atoms with Crippen molar-refractivity contribution in [3.8, 4) is 5.69 Å². The van der Waals surface area contributed by atoms with Crippen molar-refractivity contribution >= 4 is 40.0 Å². The minimum atomic E-state index is -1.15. The van der Waals surface area contributed by atoms with Crippen LogP contribution in [0.3, 0.4) is 0 Å². The van der Waals surface area contributed by atoms with E-state index in [0.717, 1.165) is 5.56 Å². The molecule has 3 aromatic carbocycles. The number of carbonyl (C=O) groups excluding carboxylic acids is 2. The fraction of sp³-hybridized carbons (Fsp3) is 0.267. The molecule has 1 N–H and O–H groups in total. The standard InChI is InChI=1S/C30H25ClN4O3/c1-16(2)15-21-24-25(28(38)34(27(24)37)23-14-8-5-11-19(23)31)30(33-21)18-10-4-7-13-22(18)35-26(36)17-9-3-6-12-20(17)32-29(30)35/h3-14,16,21,24-25,33H,15H2,1-2H3. The monoisotopic (exact) mass is 524 g/mol. The summed E-state index contributed by atoms with van der Waals surface area (Å²) >= 11 is 6.49. The van der Waals surface area contributed by atoms with Crippen molar-refractivity contribution in [1.82, 2.24) is 14.9 Å². The van der Waals surface area contributed by atoms with Crippen LogP contribution in [0.15, 0.2) is 77.6 Å². The van der Waals surface area contributed by atoms with Gasteiger partial charge in [0.15, 0.2) is 0 Å². The van der Waals surface area contributed by atoms with E-state index in [2.05, 4.69) is 19.2 Å². The van der Waals surface area contributed by atoms with Crippen molar-refractivity contribution in [1.29, 1.82) is 0 Å². The number of halogens is 1. The molecular weight excluding hydrogens is 500 g/mol. The Labute approximate surface area is 224 Å². The van der Waals surface area contributed by atoms with E-state index in [1.54, 1.807) is 34.9 Å². The third-order valence-electron chi connectivity index (χ3n) is 8.18. The van der Waals surface area contributed by atoms with Gasteiger partial charge >= 0.3 is 0 Å². The minimum Gasteiger partial charge on any atom is -0.297 e. The summed E-state index contributed by atoms with van der Waals surface area (Å²) in [4.78, 5) is 48.6. The molecule has 8 heteroatoms. The smallest absolute Gasteiger partial charge is 0.266 e. The van der Waals surface area contributed by atoms with Crippen LogP contribution in [-0.4, -0.2) is 27.4 Å². The van der Waals surface area contributed by atoms with Crippen molar-refractivity contribution in [3.63, 3.8) is 0 Å². The van der Waals surface area contributed by atoms with E-state index in [1.165, 1.54) is 4.90 Å². The number of nitrogens with one attached hydrogen (secondary N) is 1. The van der Waals surface area contributed by atoms with Gasteiger partial charge in [-0.3, -0.25) is 24.3 Å². The molecule has 2 amide bonds. The second kappa shape index (κ2) is 8.09. The van der Waals surface area contributed by atoms with Gasteiger partial charge in [-0.25, -0.2) is 9.88 Å². The molecule has 7 nitrogen and oxygen atoms in total. The Hall–Kier alpha value is -3.81. The summed E-state index contributed by atoms with van der Waals surface area (Å²) in [5, 5.41) is 4.57. The van der Waals surface area contributed by atoms with Gasteiger partial charge in [0.2, 0.25) is 11.8 Å². The average molecular weight is 525 g/mol. The highest BCUT2D eigenvalue weighted by molar-refractivity contribution is 6.36. The molecule has 0 bridgehead atoms. The van der Waals surface area contributed by atoms with E-state index >= 15 is 0 Å². The number of nitrogens with zero attached hydrogens (tertiary/aromatic N) is 3. The van der Waals surface area contributed by atoms with Crippen molar-refractivity contribution in [2.24, 2.45) is 17.8 Å². The Balaban J connectivity index is 1.53. The zero-order chi connectivity index (χ0) is 26.3. The van der Waals surface area contributed by atoms with Gasteiger partial charge in [0, 0.05) is 11.6 Å². The Kier molecular flexibility index (Phi) is 4.97. The fourth-order valence-electron chi connectivity index (χ4n) is 6.80. The SMILES string of the molecule is CC(C)CC1NC2(c3ccccc3-n3c2nc2ccccc2c3=O)C2C(=O)N(c3ccccc3Cl)C(=O)C12. The molecule has 2 saturated heterocycles. The molecule has 0 aliphatic carbocycles. The molecule has 0 radical (unpaired) electrons. The van der Waals surface area contributed by atoms with Crippen LogP contribution in [0.1, 0.15) is 31.7 Å². The van der Waals surface area contributed by atoms with Gasteiger partial charge in [-0.15, -0.1) is 0 Å². The number of anilines is 1. The van der Waals surface area contributed by atoms with Crippen molar-refractivity contribution in [2.75, 3.05) is 4.90 Å². The van der Waals surface area contributed by atoms with Crippen LogP contribution in [0.2, 0.25) is 5.02 Å². The average Bonchev–Trinajstić information content (AvgIpc) is 3.48. The van der Waals surface area contributed by atoms with E-state index in [4.69, 9.17) is 16.6 Å². The van der Waals surface area contributed by atoms with Crippen LogP contribution in [0.4, 0.5) is 5.69 Å². The van der Waals surface area contributed by atoms with Crippen molar-refractivity contribution < 1.29 is 9.59 Å². The second-order valence-corrected chi connectivity index (χ2v) is 11.2. The minimum absolute atomic E-state index is 0.194. The van der Waals surface area contributed by atoms with E-state index in [-0.39, 0.29) is 29.3 Å². The summed E-state index contributed by atoms with van der Waals surface area (Å²) in [5.74, 6) is -1.32. The summed E-state index contributed by atoms with van der Waals surface area (Å²) in [6.07, 6.45) is 0.679. The quantitative estimate of drug-likeness (QED) is 0.401. The van der Waals surface area contributed by atoms with Crippen LogP contribution in [0, 0.1) is 17.8 Å². The number of fused-ring (bicyclic) bond motifs is 8. The van der Waals surface area contributed by atoms with Gasteiger partial charge in [0.25, 0.3) is 5.56 Å². The Morgan fingerprint density at radius 3 is 2.37 bits per heavy atom. The first-order valence-corrected chi connectivity index (χ1v) is 13.2. The number of para-hydroxylation sites is 3. The lowest BCUT2D eigenvalue weighted by Gasteiger charge is -2.32. The zero-order valence-corrected chi connectivity index (χ0v) is 21.6. The summed E-state index contributed by atoms with van der Waals surface area (Å²) in [7, 11) is 0. The molecule has 190 valence electrons. The number of hydrogen-bond acceptors (Lipinski definition) is 5. The summed E-state index contributed by atoms with van der Waals surface area (Å²) in [5.41, 5.74) is 1.06. The fourth-order valence-corrected chi connectivity index (χ4v) is 7.02. The summed E-state index contributed by atoms with van der Waals surface area (Å²) < 4.78 is 1.62.